The van der Waals surface area contributed by atoms with E-state index in [4.69, 9.17) is 0 Å². The minimum atomic E-state index is -0.375. The standard InChI is InChI=1S/C24H20N2O3/c1-16(18-10-6-3-7-11-18)25-22(27)19-12-13-20-21(14-19)24(29)26(23(20)28)15-17-8-4-2-5-9-17/h2-14,16H,15H2,1H3,(H,25,27)/t16-/m0/s1. The van der Waals surface area contributed by atoms with Crippen molar-refractivity contribution in [1.82, 2.24) is 10.2 Å². The number of hydrogen-bond donors (Lipinski definition) is 1. The Bertz CT molecular complexity index is 1080. The molecule has 3 amide bonds. The molecule has 4 rings (SSSR count). The second-order valence-electron chi connectivity index (χ2n) is 7.05. The van der Waals surface area contributed by atoms with Gasteiger partial charge in [0, 0.05) is 5.56 Å². The zero-order chi connectivity index (χ0) is 20.4. The van der Waals surface area contributed by atoms with Gasteiger partial charge in [0.2, 0.25) is 0 Å². The molecule has 3 aromatic rings. The fraction of sp³-hybridized carbons (Fsp3) is 0.125. The first kappa shape index (κ1) is 18.6. The van der Waals surface area contributed by atoms with E-state index in [0.29, 0.717) is 11.1 Å². The normalized spacial score (nSPS) is 13.9. The summed E-state index contributed by atoms with van der Waals surface area (Å²) in [7, 11) is 0. The van der Waals surface area contributed by atoms with Gasteiger partial charge in [-0.25, -0.2) is 0 Å². The number of imide groups is 1. The van der Waals surface area contributed by atoms with E-state index in [1.54, 1.807) is 12.1 Å². The zero-order valence-corrected chi connectivity index (χ0v) is 16.0. The maximum absolute atomic E-state index is 12.8. The number of benzene rings is 3. The summed E-state index contributed by atoms with van der Waals surface area (Å²) >= 11 is 0. The Kier molecular flexibility index (Phi) is 4.96. The lowest BCUT2D eigenvalue weighted by Crippen LogP contribution is -2.29. The second kappa shape index (κ2) is 7.72. The quantitative estimate of drug-likeness (QED) is 0.677. The molecule has 0 aliphatic carbocycles. The number of rotatable bonds is 5. The van der Waals surface area contributed by atoms with E-state index < -0.39 is 0 Å². The highest BCUT2D eigenvalue weighted by molar-refractivity contribution is 6.22. The summed E-state index contributed by atoms with van der Waals surface area (Å²) in [5, 5.41) is 2.93. The lowest BCUT2D eigenvalue weighted by molar-refractivity contribution is 0.0642. The summed E-state index contributed by atoms with van der Waals surface area (Å²) in [6, 6.07) is 23.5. The number of carbonyl (C=O) groups is 3. The van der Waals surface area contributed by atoms with Gasteiger partial charge in [-0.1, -0.05) is 60.7 Å². The molecule has 0 radical (unpaired) electrons. The van der Waals surface area contributed by atoms with E-state index in [1.165, 1.54) is 11.0 Å². The molecule has 5 heteroatoms. The van der Waals surface area contributed by atoms with Crippen LogP contribution in [0.25, 0.3) is 0 Å². The van der Waals surface area contributed by atoms with E-state index in [9.17, 15) is 14.4 Å². The maximum atomic E-state index is 12.8. The van der Waals surface area contributed by atoms with Crippen molar-refractivity contribution >= 4 is 17.7 Å². The minimum Gasteiger partial charge on any atom is -0.346 e. The number of hydrogen-bond acceptors (Lipinski definition) is 3. The summed E-state index contributed by atoms with van der Waals surface area (Å²) in [5.41, 5.74) is 2.82. The molecule has 1 aliphatic heterocycles. The molecule has 0 saturated carbocycles. The molecule has 0 spiro atoms. The van der Waals surface area contributed by atoms with Gasteiger partial charge < -0.3 is 5.32 Å². The van der Waals surface area contributed by atoms with Crippen LogP contribution in [0.4, 0.5) is 0 Å². The Hall–Kier alpha value is -3.73. The van der Waals surface area contributed by atoms with Crippen molar-refractivity contribution < 1.29 is 14.4 Å². The lowest BCUT2D eigenvalue weighted by Gasteiger charge is -2.14. The molecule has 0 aromatic heterocycles. The Labute approximate surface area is 169 Å². The molecule has 0 bridgehead atoms. The van der Waals surface area contributed by atoms with Crippen LogP contribution < -0.4 is 5.32 Å². The monoisotopic (exact) mass is 384 g/mol. The highest BCUT2D eigenvalue weighted by atomic mass is 16.2. The Morgan fingerprint density at radius 1 is 0.862 bits per heavy atom. The van der Waals surface area contributed by atoms with Gasteiger partial charge in [0.25, 0.3) is 17.7 Å². The summed E-state index contributed by atoms with van der Waals surface area (Å²) in [4.78, 5) is 39.3. The summed E-state index contributed by atoms with van der Waals surface area (Å²) < 4.78 is 0. The Morgan fingerprint density at radius 2 is 1.48 bits per heavy atom. The molecular formula is C24H20N2O3. The van der Waals surface area contributed by atoms with Gasteiger partial charge in [-0.15, -0.1) is 0 Å². The van der Waals surface area contributed by atoms with Gasteiger partial charge in [-0.2, -0.15) is 0 Å². The second-order valence-corrected chi connectivity index (χ2v) is 7.05. The number of nitrogens with zero attached hydrogens (tertiary/aromatic N) is 1. The van der Waals surface area contributed by atoms with Crippen molar-refractivity contribution in [1.29, 1.82) is 0 Å². The van der Waals surface area contributed by atoms with Gasteiger partial charge in [0.15, 0.2) is 0 Å². The van der Waals surface area contributed by atoms with Crippen molar-refractivity contribution in [2.75, 3.05) is 0 Å². The number of fused-ring (bicyclic) bond motifs is 1. The number of carbonyl (C=O) groups excluding carboxylic acids is 3. The smallest absolute Gasteiger partial charge is 0.261 e. The molecular weight excluding hydrogens is 364 g/mol. The van der Waals surface area contributed by atoms with Crippen LogP contribution in [0.2, 0.25) is 0 Å². The Balaban J connectivity index is 1.53. The highest BCUT2D eigenvalue weighted by Gasteiger charge is 2.36. The van der Waals surface area contributed by atoms with E-state index >= 15 is 0 Å². The highest BCUT2D eigenvalue weighted by Crippen LogP contribution is 2.26. The fourth-order valence-corrected chi connectivity index (χ4v) is 3.45. The maximum Gasteiger partial charge on any atom is 0.261 e. The summed E-state index contributed by atoms with van der Waals surface area (Å²) in [6.07, 6.45) is 0. The van der Waals surface area contributed by atoms with Gasteiger partial charge in [0.05, 0.1) is 23.7 Å². The molecule has 3 aromatic carbocycles. The fourth-order valence-electron chi connectivity index (χ4n) is 3.45. The zero-order valence-electron chi connectivity index (χ0n) is 16.0. The third-order valence-corrected chi connectivity index (χ3v) is 5.06. The first-order chi connectivity index (χ1) is 14.0. The molecule has 1 atom stereocenters. The van der Waals surface area contributed by atoms with Crippen LogP contribution in [0.15, 0.2) is 78.9 Å². The van der Waals surface area contributed by atoms with Crippen LogP contribution >= 0.6 is 0 Å². The van der Waals surface area contributed by atoms with Gasteiger partial charge in [0.1, 0.15) is 0 Å². The first-order valence-electron chi connectivity index (χ1n) is 9.44. The van der Waals surface area contributed by atoms with E-state index in [0.717, 1.165) is 11.1 Å². The SMILES string of the molecule is C[C@H](NC(=O)c1ccc2c(c1)C(=O)N(Cc1ccccc1)C2=O)c1ccccc1. The van der Waals surface area contributed by atoms with Crippen molar-refractivity contribution in [3.63, 3.8) is 0 Å². The van der Waals surface area contributed by atoms with Crippen LogP contribution in [0.1, 0.15) is 55.2 Å². The molecule has 0 saturated heterocycles. The average Bonchev–Trinajstić information content (AvgIpc) is 2.99. The Morgan fingerprint density at radius 3 is 2.17 bits per heavy atom. The molecule has 0 fully saturated rings. The molecule has 1 N–H and O–H groups in total. The molecule has 1 aliphatic rings. The molecule has 0 unspecified atom stereocenters. The first-order valence-corrected chi connectivity index (χ1v) is 9.44. The third kappa shape index (κ3) is 3.67. The molecule has 5 nitrogen and oxygen atoms in total. The predicted molar refractivity (Wildman–Crippen MR) is 109 cm³/mol. The minimum absolute atomic E-state index is 0.177. The largest absolute Gasteiger partial charge is 0.346 e. The van der Waals surface area contributed by atoms with Crippen LogP contribution in [-0.2, 0) is 6.54 Å². The van der Waals surface area contributed by atoms with Crippen LogP contribution in [0.5, 0.6) is 0 Å². The van der Waals surface area contributed by atoms with E-state index in [-0.39, 0.29) is 35.9 Å². The van der Waals surface area contributed by atoms with Crippen molar-refractivity contribution in [3.8, 4) is 0 Å². The molecule has 1 heterocycles. The van der Waals surface area contributed by atoms with E-state index in [2.05, 4.69) is 5.32 Å². The summed E-state index contributed by atoms with van der Waals surface area (Å²) in [6.45, 7) is 2.11. The summed E-state index contributed by atoms with van der Waals surface area (Å²) in [5.74, 6) is -0.996. The topological polar surface area (TPSA) is 66.5 Å². The van der Waals surface area contributed by atoms with Crippen molar-refractivity contribution in [2.24, 2.45) is 0 Å². The predicted octanol–water partition coefficient (Wildman–Crippen LogP) is 3.97. The van der Waals surface area contributed by atoms with Crippen LogP contribution in [0, 0.1) is 0 Å². The van der Waals surface area contributed by atoms with Crippen LogP contribution in [0.3, 0.4) is 0 Å². The number of amides is 3. The third-order valence-electron chi connectivity index (χ3n) is 5.06. The molecule has 29 heavy (non-hydrogen) atoms. The lowest BCUT2D eigenvalue weighted by atomic mass is 10.0. The van der Waals surface area contributed by atoms with Crippen molar-refractivity contribution in [2.45, 2.75) is 19.5 Å². The van der Waals surface area contributed by atoms with Gasteiger partial charge in [-0.3, -0.25) is 19.3 Å². The van der Waals surface area contributed by atoms with Gasteiger partial charge in [-0.05, 0) is 36.2 Å². The van der Waals surface area contributed by atoms with Gasteiger partial charge >= 0.3 is 0 Å². The molecule has 144 valence electrons. The average molecular weight is 384 g/mol. The van der Waals surface area contributed by atoms with Crippen molar-refractivity contribution in [3.05, 3.63) is 107 Å². The van der Waals surface area contributed by atoms with Crippen LogP contribution in [-0.4, -0.2) is 22.6 Å². The number of nitrogens with one attached hydrogen (secondary N) is 1. The van der Waals surface area contributed by atoms with E-state index in [1.807, 2.05) is 67.6 Å².